The number of nitrogens with two attached hydrogens (primary N) is 1. The monoisotopic (exact) mass is 282 g/mol. The van der Waals surface area contributed by atoms with Gasteiger partial charge in [0.2, 0.25) is 0 Å². The van der Waals surface area contributed by atoms with Crippen molar-refractivity contribution in [2.75, 3.05) is 26.2 Å². The van der Waals surface area contributed by atoms with Crippen LogP contribution in [-0.4, -0.2) is 42.6 Å². The Morgan fingerprint density at radius 2 is 1.90 bits per heavy atom. The van der Waals surface area contributed by atoms with Crippen molar-refractivity contribution in [2.45, 2.75) is 57.9 Å². The van der Waals surface area contributed by atoms with Crippen LogP contribution in [-0.2, 0) is 9.53 Å². The van der Waals surface area contributed by atoms with Crippen molar-refractivity contribution >= 4 is 5.97 Å². The quantitative estimate of drug-likeness (QED) is 0.727. The topological polar surface area (TPSA) is 55.6 Å². The molecular formula is C16H30N2O2. The molecule has 2 rings (SSSR count). The maximum absolute atomic E-state index is 12.2. The van der Waals surface area contributed by atoms with Crippen LogP contribution in [0.15, 0.2) is 0 Å². The fourth-order valence-corrected chi connectivity index (χ4v) is 3.44. The standard InChI is InChI=1S/C16H30N2O2/c1-3-5-13-8-10-18(11-9-13)12-16(17,14-6-7-14)15(19)20-4-2/h13-14H,3-12,17H2,1-2H3. The summed E-state index contributed by atoms with van der Waals surface area (Å²) in [5.74, 6) is 1.00. The molecule has 1 unspecified atom stereocenters. The zero-order chi connectivity index (χ0) is 14.6. The zero-order valence-electron chi connectivity index (χ0n) is 13.1. The molecule has 2 fully saturated rings. The van der Waals surface area contributed by atoms with Crippen LogP contribution < -0.4 is 5.73 Å². The second kappa shape index (κ2) is 6.90. The second-order valence-corrected chi connectivity index (χ2v) is 6.54. The lowest BCUT2D eigenvalue weighted by molar-refractivity contribution is -0.151. The molecule has 1 saturated carbocycles. The molecule has 2 aliphatic rings. The Bertz CT molecular complexity index is 322. The predicted octanol–water partition coefficient (Wildman–Crippen LogP) is 2.17. The maximum atomic E-state index is 12.2. The van der Waals surface area contributed by atoms with Crippen LogP contribution in [0.5, 0.6) is 0 Å². The number of piperidine rings is 1. The Labute approximate surface area is 123 Å². The van der Waals surface area contributed by atoms with E-state index in [2.05, 4.69) is 11.8 Å². The van der Waals surface area contributed by atoms with Gasteiger partial charge in [-0.1, -0.05) is 19.8 Å². The normalized spacial score (nSPS) is 24.4. The largest absolute Gasteiger partial charge is 0.465 e. The molecule has 1 aliphatic heterocycles. The lowest BCUT2D eigenvalue weighted by atomic mass is 9.89. The van der Waals surface area contributed by atoms with E-state index in [1.165, 1.54) is 25.7 Å². The van der Waals surface area contributed by atoms with Crippen LogP contribution in [0.1, 0.15) is 52.4 Å². The minimum absolute atomic E-state index is 0.196. The van der Waals surface area contributed by atoms with Crippen LogP contribution >= 0.6 is 0 Å². The molecule has 116 valence electrons. The molecule has 0 aromatic carbocycles. The summed E-state index contributed by atoms with van der Waals surface area (Å²) >= 11 is 0. The van der Waals surface area contributed by atoms with E-state index in [1.807, 2.05) is 6.92 Å². The lowest BCUT2D eigenvalue weighted by Crippen LogP contribution is -2.59. The number of rotatable bonds is 7. The summed E-state index contributed by atoms with van der Waals surface area (Å²) in [6, 6.07) is 0. The minimum Gasteiger partial charge on any atom is -0.465 e. The molecule has 0 spiro atoms. The molecule has 4 heteroatoms. The van der Waals surface area contributed by atoms with E-state index in [9.17, 15) is 4.79 Å². The lowest BCUT2D eigenvalue weighted by Gasteiger charge is -2.37. The Hall–Kier alpha value is -0.610. The molecule has 4 nitrogen and oxygen atoms in total. The van der Waals surface area contributed by atoms with Gasteiger partial charge in [0.05, 0.1) is 6.61 Å². The van der Waals surface area contributed by atoms with Gasteiger partial charge in [0.15, 0.2) is 0 Å². The van der Waals surface area contributed by atoms with Gasteiger partial charge in [0.25, 0.3) is 0 Å². The average Bonchev–Trinajstić information content (AvgIpc) is 3.26. The highest BCUT2D eigenvalue weighted by Gasteiger charge is 2.50. The van der Waals surface area contributed by atoms with Crippen molar-refractivity contribution in [1.82, 2.24) is 4.90 Å². The zero-order valence-corrected chi connectivity index (χ0v) is 13.1. The molecular weight excluding hydrogens is 252 g/mol. The van der Waals surface area contributed by atoms with E-state index in [0.29, 0.717) is 19.1 Å². The number of likely N-dealkylation sites (tertiary alicyclic amines) is 1. The predicted molar refractivity (Wildman–Crippen MR) is 80.3 cm³/mol. The Morgan fingerprint density at radius 3 is 2.40 bits per heavy atom. The van der Waals surface area contributed by atoms with E-state index in [4.69, 9.17) is 10.5 Å². The van der Waals surface area contributed by atoms with Crippen molar-refractivity contribution in [3.05, 3.63) is 0 Å². The number of carbonyl (C=O) groups is 1. The fraction of sp³-hybridized carbons (Fsp3) is 0.938. The highest BCUT2D eigenvalue weighted by molar-refractivity contribution is 5.82. The van der Waals surface area contributed by atoms with Gasteiger partial charge < -0.3 is 15.4 Å². The van der Waals surface area contributed by atoms with Crippen LogP contribution in [0.3, 0.4) is 0 Å². The van der Waals surface area contributed by atoms with Gasteiger partial charge in [-0.25, -0.2) is 4.79 Å². The van der Waals surface area contributed by atoms with Gasteiger partial charge in [0.1, 0.15) is 5.54 Å². The summed E-state index contributed by atoms with van der Waals surface area (Å²) in [4.78, 5) is 14.6. The Balaban J connectivity index is 1.88. The molecule has 20 heavy (non-hydrogen) atoms. The van der Waals surface area contributed by atoms with Gasteiger partial charge in [-0.3, -0.25) is 0 Å². The molecule has 0 aromatic heterocycles. The van der Waals surface area contributed by atoms with Crippen molar-refractivity contribution in [1.29, 1.82) is 0 Å². The van der Waals surface area contributed by atoms with Crippen LogP contribution in [0, 0.1) is 11.8 Å². The molecule has 1 aliphatic carbocycles. The molecule has 0 bridgehead atoms. The highest BCUT2D eigenvalue weighted by atomic mass is 16.5. The molecule has 1 heterocycles. The molecule has 0 radical (unpaired) electrons. The van der Waals surface area contributed by atoms with E-state index in [-0.39, 0.29) is 5.97 Å². The molecule has 1 saturated heterocycles. The van der Waals surface area contributed by atoms with E-state index in [1.54, 1.807) is 0 Å². The summed E-state index contributed by atoms with van der Waals surface area (Å²) < 4.78 is 5.22. The molecule has 0 aromatic rings. The van der Waals surface area contributed by atoms with Gasteiger partial charge in [-0.05, 0) is 57.5 Å². The van der Waals surface area contributed by atoms with Crippen LogP contribution in [0.4, 0.5) is 0 Å². The van der Waals surface area contributed by atoms with Gasteiger partial charge in [0, 0.05) is 6.54 Å². The Morgan fingerprint density at radius 1 is 1.25 bits per heavy atom. The van der Waals surface area contributed by atoms with Gasteiger partial charge in [-0.15, -0.1) is 0 Å². The molecule has 1 atom stereocenters. The van der Waals surface area contributed by atoms with Crippen molar-refractivity contribution < 1.29 is 9.53 Å². The number of nitrogens with zero attached hydrogens (tertiary/aromatic N) is 1. The molecule has 0 amide bonds. The maximum Gasteiger partial charge on any atom is 0.327 e. The summed E-state index contributed by atoms with van der Waals surface area (Å²) in [6.07, 6.45) is 7.25. The first-order valence-electron chi connectivity index (χ1n) is 8.28. The number of hydrogen-bond donors (Lipinski definition) is 1. The summed E-state index contributed by atoms with van der Waals surface area (Å²) in [6.45, 7) is 7.36. The minimum atomic E-state index is -0.770. The highest BCUT2D eigenvalue weighted by Crippen LogP contribution is 2.40. The average molecular weight is 282 g/mol. The summed E-state index contributed by atoms with van der Waals surface area (Å²) in [5, 5.41) is 0. The van der Waals surface area contributed by atoms with Crippen molar-refractivity contribution in [2.24, 2.45) is 17.6 Å². The van der Waals surface area contributed by atoms with E-state index >= 15 is 0 Å². The van der Waals surface area contributed by atoms with E-state index in [0.717, 1.165) is 31.8 Å². The third kappa shape index (κ3) is 3.73. The number of ether oxygens (including phenoxy) is 1. The fourth-order valence-electron chi connectivity index (χ4n) is 3.44. The van der Waals surface area contributed by atoms with Crippen molar-refractivity contribution in [3.8, 4) is 0 Å². The SMILES string of the molecule is CCCC1CCN(CC(N)(C(=O)OCC)C2CC2)CC1. The van der Waals surface area contributed by atoms with Gasteiger partial charge in [-0.2, -0.15) is 0 Å². The first-order valence-corrected chi connectivity index (χ1v) is 8.28. The first kappa shape index (κ1) is 15.8. The van der Waals surface area contributed by atoms with E-state index < -0.39 is 5.54 Å². The van der Waals surface area contributed by atoms with Gasteiger partial charge >= 0.3 is 5.97 Å². The van der Waals surface area contributed by atoms with Crippen LogP contribution in [0.2, 0.25) is 0 Å². The van der Waals surface area contributed by atoms with Crippen molar-refractivity contribution in [3.63, 3.8) is 0 Å². The third-order valence-corrected chi connectivity index (χ3v) is 4.85. The third-order valence-electron chi connectivity index (χ3n) is 4.85. The summed E-state index contributed by atoms with van der Waals surface area (Å²) in [7, 11) is 0. The number of esters is 1. The van der Waals surface area contributed by atoms with Crippen LogP contribution in [0.25, 0.3) is 0 Å². The number of carbonyl (C=O) groups excluding carboxylic acids is 1. The first-order chi connectivity index (χ1) is 9.60. The molecule has 2 N–H and O–H groups in total. The summed E-state index contributed by atoms with van der Waals surface area (Å²) in [5.41, 5.74) is 5.67. The Kier molecular flexibility index (Phi) is 5.44. The smallest absolute Gasteiger partial charge is 0.327 e. The second-order valence-electron chi connectivity index (χ2n) is 6.54. The number of hydrogen-bond acceptors (Lipinski definition) is 4.